The topological polar surface area (TPSA) is 42.7 Å². The molecule has 0 amide bonds. The summed E-state index contributed by atoms with van der Waals surface area (Å²) in [6, 6.07) is 1.14. The standard InChI is InChI=1S/C16H28N4S/c1-12(9-13(2)21-15-5-3-4-6-15)19-14-7-8-16-17-11-18-20(16)10-14/h11-15,19H,3-10H2,1-2H3/t12-,13-,14+/m1/s1. The Morgan fingerprint density at radius 1 is 1.33 bits per heavy atom. The van der Waals surface area contributed by atoms with Crippen LogP contribution in [0.3, 0.4) is 0 Å². The Kier molecular flexibility index (Phi) is 5.22. The predicted molar refractivity (Wildman–Crippen MR) is 88.7 cm³/mol. The third kappa shape index (κ3) is 4.22. The molecule has 3 rings (SSSR count). The normalized spacial score (nSPS) is 25.7. The van der Waals surface area contributed by atoms with Gasteiger partial charge in [-0.2, -0.15) is 16.9 Å². The highest BCUT2D eigenvalue weighted by molar-refractivity contribution is 8.00. The Bertz CT molecular complexity index is 441. The first-order valence-electron chi connectivity index (χ1n) is 8.49. The van der Waals surface area contributed by atoms with Crippen LogP contribution in [0, 0.1) is 0 Å². The second kappa shape index (κ2) is 7.14. The lowest BCUT2D eigenvalue weighted by molar-refractivity contribution is 0.326. The molecule has 4 nitrogen and oxygen atoms in total. The van der Waals surface area contributed by atoms with E-state index in [0.29, 0.717) is 12.1 Å². The summed E-state index contributed by atoms with van der Waals surface area (Å²) in [7, 11) is 0. The number of hydrogen-bond donors (Lipinski definition) is 1. The van der Waals surface area contributed by atoms with Crippen LogP contribution in [0.2, 0.25) is 0 Å². The molecule has 5 heteroatoms. The van der Waals surface area contributed by atoms with Crippen molar-refractivity contribution >= 4 is 11.8 Å². The van der Waals surface area contributed by atoms with E-state index in [9.17, 15) is 0 Å². The number of nitrogens with one attached hydrogen (secondary N) is 1. The van der Waals surface area contributed by atoms with Crippen LogP contribution in [-0.4, -0.2) is 37.3 Å². The van der Waals surface area contributed by atoms with Crippen molar-refractivity contribution in [2.24, 2.45) is 0 Å². The number of hydrogen-bond acceptors (Lipinski definition) is 4. The molecule has 0 saturated heterocycles. The minimum atomic E-state index is 0.554. The Hall–Kier alpha value is -0.550. The lowest BCUT2D eigenvalue weighted by Crippen LogP contribution is -2.43. The van der Waals surface area contributed by atoms with Crippen molar-refractivity contribution in [2.45, 2.75) is 87.9 Å². The van der Waals surface area contributed by atoms with E-state index in [4.69, 9.17) is 0 Å². The molecule has 2 aliphatic rings. The average molecular weight is 308 g/mol. The van der Waals surface area contributed by atoms with Crippen LogP contribution in [-0.2, 0) is 13.0 Å². The third-order valence-electron chi connectivity index (χ3n) is 4.74. The molecule has 0 unspecified atom stereocenters. The molecule has 3 atom stereocenters. The largest absolute Gasteiger partial charge is 0.310 e. The molecule has 1 fully saturated rings. The summed E-state index contributed by atoms with van der Waals surface area (Å²) < 4.78 is 2.06. The molecule has 1 aromatic heterocycles. The molecule has 1 aliphatic carbocycles. The second-order valence-corrected chi connectivity index (χ2v) is 8.49. The monoisotopic (exact) mass is 308 g/mol. The molecule has 2 heterocycles. The van der Waals surface area contributed by atoms with E-state index in [1.165, 1.54) is 38.5 Å². The van der Waals surface area contributed by atoms with Gasteiger partial charge in [-0.1, -0.05) is 19.8 Å². The van der Waals surface area contributed by atoms with Crippen molar-refractivity contribution in [3.05, 3.63) is 12.2 Å². The summed E-state index contributed by atoms with van der Waals surface area (Å²) in [5, 5.41) is 9.80. The van der Waals surface area contributed by atoms with Crippen molar-refractivity contribution in [1.29, 1.82) is 0 Å². The third-order valence-corrected chi connectivity index (χ3v) is 6.25. The van der Waals surface area contributed by atoms with Gasteiger partial charge in [-0.3, -0.25) is 0 Å². The molecule has 0 radical (unpaired) electrons. The lowest BCUT2D eigenvalue weighted by Gasteiger charge is -2.28. The van der Waals surface area contributed by atoms with Gasteiger partial charge in [0.25, 0.3) is 0 Å². The highest BCUT2D eigenvalue weighted by atomic mass is 32.2. The van der Waals surface area contributed by atoms with Gasteiger partial charge in [0, 0.05) is 29.0 Å². The van der Waals surface area contributed by atoms with Gasteiger partial charge in [-0.05, 0) is 32.6 Å². The minimum Gasteiger partial charge on any atom is -0.310 e. The number of aryl methyl sites for hydroxylation is 1. The Labute approximate surface area is 132 Å². The second-order valence-electron chi connectivity index (χ2n) is 6.75. The van der Waals surface area contributed by atoms with E-state index in [1.807, 2.05) is 0 Å². The molecule has 118 valence electrons. The van der Waals surface area contributed by atoms with Gasteiger partial charge in [0.2, 0.25) is 0 Å². The van der Waals surface area contributed by atoms with Crippen LogP contribution in [0.1, 0.15) is 58.2 Å². The van der Waals surface area contributed by atoms with Crippen molar-refractivity contribution in [3.63, 3.8) is 0 Å². The number of nitrogens with zero attached hydrogens (tertiary/aromatic N) is 3. The van der Waals surface area contributed by atoms with Crippen molar-refractivity contribution < 1.29 is 0 Å². The van der Waals surface area contributed by atoms with E-state index in [0.717, 1.165) is 29.3 Å². The van der Waals surface area contributed by atoms with Gasteiger partial charge in [0.05, 0.1) is 6.54 Å². The quantitative estimate of drug-likeness (QED) is 0.877. The van der Waals surface area contributed by atoms with Crippen LogP contribution in [0.4, 0.5) is 0 Å². The molecule has 1 saturated carbocycles. The maximum absolute atomic E-state index is 4.31. The molecular formula is C16H28N4S. The van der Waals surface area contributed by atoms with Gasteiger partial charge in [-0.15, -0.1) is 0 Å². The van der Waals surface area contributed by atoms with Crippen molar-refractivity contribution in [1.82, 2.24) is 20.1 Å². The van der Waals surface area contributed by atoms with Crippen LogP contribution in [0.25, 0.3) is 0 Å². The smallest absolute Gasteiger partial charge is 0.138 e. The Morgan fingerprint density at radius 3 is 2.95 bits per heavy atom. The molecule has 1 N–H and O–H groups in total. The minimum absolute atomic E-state index is 0.554. The molecule has 21 heavy (non-hydrogen) atoms. The highest BCUT2D eigenvalue weighted by Gasteiger charge is 2.23. The summed E-state index contributed by atoms with van der Waals surface area (Å²) in [6.45, 7) is 5.71. The molecule has 1 aliphatic heterocycles. The Morgan fingerprint density at radius 2 is 2.14 bits per heavy atom. The molecule has 0 spiro atoms. The summed E-state index contributed by atoms with van der Waals surface area (Å²) >= 11 is 2.22. The fourth-order valence-corrected chi connectivity index (χ4v) is 5.41. The number of fused-ring (bicyclic) bond motifs is 1. The first-order chi connectivity index (χ1) is 10.2. The summed E-state index contributed by atoms with van der Waals surface area (Å²) in [6.07, 6.45) is 11.0. The zero-order valence-corrected chi connectivity index (χ0v) is 14.1. The summed E-state index contributed by atoms with van der Waals surface area (Å²) in [4.78, 5) is 4.30. The van der Waals surface area contributed by atoms with E-state index in [2.05, 4.69) is 45.7 Å². The van der Waals surface area contributed by atoms with Gasteiger partial charge < -0.3 is 5.32 Å². The van der Waals surface area contributed by atoms with Crippen LogP contribution < -0.4 is 5.32 Å². The fourth-order valence-electron chi connectivity index (χ4n) is 3.75. The first-order valence-corrected chi connectivity index (χ1v) is 9.43. The van der Waals surface area contributed by atoms with Gasteiger partial charge in [0.1, 0.15) is 12.2 Å². The zero-order valence-electron chi connectivity index (χ0n) is 13.3. The van der Waals surface area contributed by atoms with Crippen LogP contribution in [0.15, 0.2) is 6.33 Å². The van der Waals surface area contributed by atoms with Crippen LogP contribution >= 0.6 is 11.8 Å². The lowest BCUT2D eigenvalue weighted by atomic mass is 10.1. The zero-order chi connectivity index (χ0) is 14.7. The predicted octanol–water partition coefficient (Wildman–Crippen LogP) is 3.03. The number of rotatable bonds is 6. The van der Waals surface area contributed by atoms with E-state index >= 15 is 0 Å². The highest BCUT2D eigenvalue weighted by Crippen LogP contribution is 2.33. The molecule has 0 aromatic carbocycles. The van der Waals surface area contributed by atoms with Crippen molar-refractivity contribution in [3.8, 4) is 0 Å². The average Bonchev–Trinajstić information content (AvgIpc) is 3.08. The van der Waals surface area contributed by atoms with E-state index < -0.39 is 0 Å². The fraction of sp³-hybridized carbons (Fsp3) is 0.875. The van der Waals surface area contributed by atoms with Gasteiger partial charge in [-0.25, -0.2) is 9.67 Å². The molecule has 1 aromatic rings. The van der Waals surface area contributed by atoms with E-state index in [-0.39, 0.29) is 0 Å². The molecule has 0 bridgehead atoms. The first kappa shape index (κ1) is 15.3. The molecular weight excluding hydrogens is 280 g/mol. The van der Waals surface area contributed by atoms with Gasteiger partial charge in [0.15, 0.2) is 0 Å². The van der Waals surface area contributed by atoms with Crippen molar-refractivity contribution in [2.75, 3.05) is 0 Å². The Balaban J connectivity index is 1.40. The van der Waals surface area contributed by atoms with Gasteiger partial charge >= 0.3 is 0 Å². The number of aromatic nitrogens is 3. The number of thioether (sulfide) groups is 1. The summed E-state index contributed by atoms with van der Waals surface area (Å²) in [5.41, 5.74) is 0. The summed E-state index contributed by atoms with van der Waals surface area (Å²) in [5.74, 6) is 1.14. The van der Waals surface area contributed by atoms with E-state index in [1.54, 1.807) is 6.33 Å². The SMILES string of the molecule is C[C@H](C[C@@H](C)SC1CCCC1)N[C@H]1CCc2ncnn2C1. The maximum Gasteiger partial charge on any atom is 0.138 e. The van der Waals surface area contributed by atoms with Crippen LogP contribution in [0.5, 0.6) is 0 Å². The maximum atomic E-state index is 4.31.